The van der Waals surface area contributed by atoms with Crippen molar-refractivity contribution in [3.63, 3.8) is 0 Å². The number of nitrogens with zero attached hydrogens (tertiary/aromatic N) is 2. The molecule has 7 heteroatoms. The number of amides is 2. The lowest BCUT2D eigenvalue weighted by Crippen LogP contribution is -2.49. The Labute approximate surface area is 185 Å². The number of likely N-dealkylation sites (tertiary alicyclic amines) is 1. The second-order valence-electron chi connectivity index (χ2n) is 7.67. The first-order valence-corrected chi connectivity index (χ1v) is 11.0. The second kappa shape index (κ2) is 8.96. The number of carbonyl (C=O) groups is 1. The van der Waals surface area contributed by atoms with Gasteiger partial charge >= 0.3 is 6.03 Å². The average molecular weight is 475 g/mol. The van der Waals surface area contributed by atoms with Gasteiger partial charge in [-0.3, -0.25) is 4.90 Å². The molecule has 0 atom stereocenters. The van der Waals surface area contributed by atoms with Crippen molar-refractivity contribution in [1.29, 1.82) is 0 Å². The molecule has 0 saturated carbocycles. The van der Waals surface area contributed by atoms with Crippen molar-refractivity contribution in [2.45, 2.75) is 18.6 Å². The molecule has 0 aliphatic carbocycles. The van der Waals surface area contributed by atoms with E-state index in [1.807, 2.05) is 48.3 Å². The zero-order valence-corrected chi connectivity index (χ0v) is 18.9. The van der Waals surface area contributed by atoms with Gasteiger partial charge in [0, 0.05) is 41.8 Å². The molecule has 2 aliphatic heterocycles. The molecule has 0 unspecified atom stereocenters. The number of hydrogen-bond acceptors (Lipinski definition) is 4. The van der Waals surface area contributed by atoms with Crippen LogP contribution < -0.4 is 9.64 Å². The van der Waals surface area contributed by atoms with E-state index in [0.717, 1.165) is 34.3 Å². The molecule has 0 radical (unpaired) electrons. The highest BCUT2D eigenvalue weighted by Crippen LogP contribution is 2.43. The van der Waals surface area contributed by atoms with Gasteiger partial charge in [0.25, 0.3) is 0 Å². The standard InChI is InChI=1S/C23H27BrN2O4/c1-25(20-7-9-21(28-2)10-8-20)22(27)26-13-11-18(12-14-26)23(29-15-16-30-23)17-3-5-19(24)6-4-17/h3-10,18H,11-16H2,1-2H3. The van der Waals surface area contributed by atoms with Gasteiger partial charge in [-0.2, -0.15) is 0 Å². The number of ether oxygens (including phenoxy) is 3. The Morgan fingerprint density at radius 2 is 1.67 bits per heavy atom. The number of anilines is 1. The van der Waals surface area contributed by atoms with Gasteiger partial charge in [-0.05, 0) is 49.2 Å². The smallest absolute Gasteiger partial charge is 0.324 e. The normalized spacial score (nSPS) is 19.0. The maximum absolute atomic E-state index is 13.0. The van der Waals surface area contributed by atoms with Gasteiger partial charge in [0.15, 0.2) is 5.79 Å². The third-order valence-corrected chi connectivity index (χ3v) is 6.54. The van der Waals surface area contributed by atoms with Gasteiger partial charge in [-0.25, -0.2) is 4.79 Å². The molecule has 160 valence electrons. The van der Waals surface area contributed by atoms with E-state index < -0.39 is 5.79 Å². The Morgan fingerprint density at radius 1 is 1.07 bits per heavy atom. The van der Waals surface area contributed by atoms with Crippen LogP contribution in [0.5, 0.6) is 5.75 Å². The zero-order chi connectivity index (χ0) is 21.1. The molecule has 0 spiro atoms. The van der Waals surface area contributed by atoms with E-state index in [0.29, 0.717) is 26.3 Å². The Bertz CT molecular complexity index is 858. The van der Waals surface area contributed by atoms with Crippen molar-refractivity contribution in [2.24, 2.45) is 5.92 Å². The van der Waals surface area contributed by atoms with Crippen LogP contribution in [0.4, 0.5) is 10.5 Å². The Hall–Kier alpha value is -2.09. The van der Waals surface area contributed by atoms with Crippen LogP contribution in [-0.2, 0) is 15.3 Å². The molecule has 2 aliphatic rings. The molecule has 2 fully saturated rings. The van der Waals surface area contributed by atoms with Crippen molar-refractivity contribution in [2.75, 3.05) is 45.4 Å². The summed E-state index contributed by atoms with van der Waals surface area (Å²) in [5.41, 5.74) is 1.89. The molecule has 2 aromatic carbocycles. The molecule has 2 heterocycles. The summed E-state index contributed by atoms with van der Waals surface area (Å²) in [6, 6.07) is 15.7. The molecule has 4 rings (SSSR count). The third-order valence-electron chi connectivity index (χ3n) is 6.01. The molecule has 0 bridgehead atoms. The summed E-state index contributed by atoms with van der Waals surface area (Å²) in [5.74, 6) is 0.268. The number of rotatable bonds is 4. The molecule has 30 heavy (non-hydrogen) atoms. The first-order chi connectivity index (χ1) is 14.5. The van der Waals surface area contributed by atoms with E-state index in [1.165, 1.54) is 0 Å². The van der Waals surface area contributed by atoms with Crippen LogP contribution in [-0.4, -0.2) is 51.4 Å². The molecular formula is C23H27BrN2O4. The first kappa shape index (κ1) is 21.2. The van der Waals surface area contributed by atoms with Crippen LogP contribution in [0.25, 0.3) is 0 Å². The largest absolute Gasteiger partial charge is 0.497 e. The van der Waals surface area contributed by atoms with Crippen molar-refractivity contribution in [1.82, 2.24) is 4.90 Å². The number of benzene rings is 2. The van der Waals surface area contributed by atoms with Crippen molar-refractivity contribution >= 4 is 27.6 Å². The van der Waals surface area contributed by atoms with Gasteiger partial charge in [-0.1, -0.05) is 28.1 Å². The lowest BCUT2D eigenvalue weighted by atomic mass is 9.84. The van der Waals surface area contributed by atoms with E-state index in [4.69, 9.17) is 14.2 Å². The Kier molecular flexibility index (Phi) is 6.32. The van der Waals surface area contributed by atoms with Crippen LogP contribution in [0, 0.1) is 5.92 Å². The van der Waals surface area contributed by atoms with E-state index >= 15 is 0 Å². The van der Waals surface area contributed by atoms with E-state index in [1.54, 1.807) is 12.0 Å². The van der Waals surface area contributed by atoms with E-state index in [-0.39, 0.29) is 11.9 Å². The summed E-state index contributed by atoms with van der Waals surface area (Å²) in [6.07, 6.45) is 1.66. The van der Waals surface area contributed by atoms with Gasteiger partial charge in [0.1, 0.15) is 5.75 Å². The van der Waals surface area contributed by atoms with E-state index in [9.17, 15) is 4.79 Å². The average Bonchev–Trinajstić information content (AvgIpc) is 3.30. The summed E-state index contributed by atoms with van der Waals surface area (Å²) >= 11 is 3.49. The highest BCUT2D eigenvalue weighted by atomic mass is 79.9. The predicted molar refractivity (Wildman–Crippen MR) is 119 cm³/mol. The summed E-state index contributed by atoms with van der Waals surface area (Å²) in [6.45, 7) is 2.54. The number of carbonyl (C=O) groups excluding carboxylic acids is 1. The summed E-state index contributed by atoms with van der Waals surface area (Å²) in [4.78, 5) is 16.6. The predicted octanol–water partition coefficient (Wildman–Crippen LogP) is 4.63. The summed E-state index contributed by atoms with van der Waals surface area (Å²) < 4.78 is 18.6. The minimum absolute atomic E-state index is 0.00423. The third kappa shape index (κ3) is 4.06. The Balaban J connectivity index is 1.43. The topological polar surface area (TPSA) is 51.2 Å². The van der Waals surface area contributed by atoms with Gasteiger partial charge in [0.2, 0.25) is 0 Å². The number of methoxy groups -OCH3 is 1. The molecule has 6 nitrogen and oxygen atoms in total. The fourth-order valence-electron chi connectivity index (χ4n) is 4.33. The number of piperidine rings is 1. The molecule has 2 amide bonds. The van der Waals surface area contributed by atoms with Gasteiger partial charge in [0.05, 0.1) is 20.3 Å². The van der Waals surface area contributed by atoms with Gasteiger partial charge in [-0.15, -0.1) is 0 Å². The van der Waals surface area contributed by atoms with E-state index in [2.05, 4.69) is 28.1 Å². The van der Waals surface area contributed by atoms with Crippen LogP contribution in [0.3, 0.4) is 0 Å². The van der Waals surface area contributed by atoms with Crippen LogP contribution in [0.1, 0.15) is 18.4 Å². The zero-order valence-electron chi connectivity index (χ0n) is 17.3. The highest BCUT2D eigenvalue weighted by Gasteiger charge is 2.47. The lowest BCUT2D eigenvalue weighted by Gasteiger charge is -2.42. The first-order valence-electron chi connectivity index (χ1n) is 10.2. The van der Waals surface area contributed by atoms with Crippen molar-refractivity contribution in [3.8, 4) is 5.75 Å². The van der Waals surface area contributed by atoms with Crippen LogP contribution in [0.2, 0.25) is 0 Å². The highest BCUT2D eigenvalue weighted by molar-refractivity contribution is 9.10. The summed E-state index contributed by atoms with van der Waals surface area (Å²) in [5, 5.41) is 0. The fourth-order valence-corrected chi connectivity index (χ4v) is 4.59. The molecule has 2 saturated heterocycles. The van der Waals surface area contributed by atoms with Crippen molar-refractivity contribution < 1.29 is 19.0 Å². The maximum Gasteiger partial charge on any atom is 0.324 e. The maximum atomic E-state index is 13.0. The summed E-state index contributed by atoms with van der Waals surface area (Å²) in [7, 11) is 3.44. The number of urea groups is 1. The van der Waals surface area contributed by atoms with Crippen LogP contribution >= 0.6 is 15.9 Å². The molecular weight excluding hydrogens is 448 g/mol. The van der Waals surface area contributed by atoms with Crippen molar-refractivity contribution in [3.05, 3.63) is 58.6 Å². The van der Waals surface area contributed by atoms with Crippen LogP contribution in [0.15, 0.2) is 53.0 Å². The monoisotopic (exact) mass is 474 g/mol. The molecule has 2 aromatic rings. The SMILES string of the molecule is COc1ccc(N(C)C(=O)N2CCC(C3(c4ccc(Br)cc4)OCCO3)CC2)cc1. The number of halogens is 1. The minimum Gasteiger partial charge on any atom is -0.497 e. The molecule has 0 N–H and O–H groups in total. The molecule has 0 aromatic heterocycles. The fraction of sp³-hybridized carbons (Fsp3) is 0.435. The minimum atomic E-state index is -0.711. The quantitative estimate of drug-likeness (QED) is 0.648. The second-order valence-corrected chi connectivity index (χ2v) is 8.59. The van der Waals surface area contributed by atoms with Gasteiger partial charge < -0.3 is 19.1 Å². The Morgan fingerprint density at radius 3 is 2.23 bits per heavy atom. The lowest BCUT2D eigenvalue weighted by molar-refractivity contribution is -0.213. The number of hydrogen-bond donors (Lipinski definition) is 0.